The smallest absolute Gasteiger partial charge is 0.129 e. The molecular weight excluding hydrogens is 232 g/mol. The predicted molar refractivity (Wildman–Crippen MR) is 70.6 cm³/mol. The summed E-state index contributed by atoms with van der Waals surface area (Å²) in [5.41, 5.74) is 1.20. The summed E-state index contributed by atoms with van der Waals surface area (Å²) in [6, 6.07) is 1.98. The highest BCUT2D eigenvalue weighted by Crippen LogP contribution is 2.17. The molecule has 0 spiro atoms. The first-order valence-corrected chi connectivity index (χ1v) is 6.71. The van der Waals surface area contributed by atoms with Crippen molar-refractivity contribution in [3.05, 3.63) is 22.2 Å². The highest BCUT2D eigenvalue weighted by atomic mass is 32.1. The zero-order chi connectivity index (χ0) is 12.3. The maximum atomic E-state index is 5.39. The van der Waals surface area contributed by atoms with Gasteiger partial charge in [0.1, 0.15) is 10.5 Å². The number of rotatable bonds is 4. The van der Waals surface area contributed by atoms with E-state index in [0.29, 0.717) is 16.5 Å². The van der Waals surface area contributed by atoms with Gasteiger partial charge in [-0.25, -0.2) is 4.98 Å². The molecule has 1 aromatic heterocycles. The van der Waals surface area contributed by atoms with E-state index in [0.717, 1.165) is 38.3 Å². The molecule has 1 aliphatic heterocycles. The maximum Gasteiger partial charge on any atom is 0.129 e. The van der Waals surface area contributed by atoms with Crippen LogP contribution in [0.15, 0.2) is 6.07 Å². The zero-order valence-corrected chi connectivity index (χ0v) is 11.3. The van der Waals surface area contributed by atoms with Gasteiger partial charge in [0.05, 0.1) is 0 Å². The molecule has 2 rings (SSSR count). The third kappa shape index (κ3) is 3.89. The number of hydrogen-bond acceptors (Lipinski definition) is 3. The van der Waals surface area contributed by atoms with Gasteiger partial charge in [-0.1, -0.05) is 26.1 Å². The second-order valence-electron chi connectivity index (χ2n) is 5.22. The van der Waals surface area contributed by atoms with E-state index in [4.69, 9.17) is 17.0 Å². The Balaban J connectivity index is 2.10. The molecule has 0 bridgehead atoms. The molecule has 3 nitrogen and oxygen atoms in total. The van der Waals surface area contributed by atoms with Gasteiger partial charge in [0, 0.05) is 25.3 Å². The summed E-state index contributed by atoms with van der Waals surface area (Å²) >= 11 is 5.22. The van der Waals surface area contributed by atoms with Gasteiger partial charge < -0.3 is 9.72 Å². The topological polar surface area (TPSA) is 37.9 Å². The predicted octanol–water partition coefficient (Wildman–Crippen LogP) is 2.92. The lowest BCUT2D eigenvalue weighted by molar-refractivity contribution is 0.185. The van der Waals surface area contributed by atoms with E-state index in [1.807, 2.05) is 6.07 Å². The molecule has 1 fully saturated rings. The van der Waals surface area contributed by atoms with Gasteiger partial charge in [-0.3, -0.25) is 0 Å². The van der Waals surface area contributed by atoms with E-state index < -0.39 is 0 Å². The first kappa shape index (κ1) is 12.7. The lowest BCUT2D eigenvalue weighted by atomic mass is 10.0. The van der Waals surface area contributed by atoms with Gasteiger partial charge in [0.2, 0.25) is 0 Å². The minimum absolute atomic E-state index is 0.599. The van der Waals surface area contributed by atoms with Gasteiger partial charge in [0.25, 0.3) is 0 Å². The van der Waals surface area contributed by atoms with E-state index in [9.17, 15) is 0 Å². The molecule has 1 N–H and O–H groups in total. The van der Waals surface area contributed by atoms with E-state index in [1.165, 1.54) is 5.69 Å². The normalized spacial score (nSPS) is 20.1. The van der Waals surface area contributed by atoms with Gasteiger partial charge in [0.15, 0.2) is 0 Å². The number of nitrogens with zero attached hydrogens (tertiary/aromatic N) is 1. The third-order valence-corrected chi connectivity index (χ3v) is 3.19. The Labute approximate surface area is 108 Å². The highest BCUT2D eigenvalue weighted by Gasteiger charge is 2.17. The van der Waals surface area contributed by atoms with Crippen molar-refractivity contribution in [2.24, 2.45) is 11.8 Å². The Hall–Kier alpha value is -0.740. The van der Waals surface area contributed by atoms with Crippen LogP contribution < -0.4 is 0 Å². The number of ether oxygens (including phenoxy) is 1. The number of aromatic nitrogens is 2. The summed E-state index contributed by atoms with van der Waals surface area (Å²) in [6.45, 7) is 6.16. The first-order valence-electron chi connectivity index (χ1n) is 6.30. The number of H-pyrrole nitrogens is 1. The summed E-state index contributed by atoms with van der Waals surface area (Å²) < 4.78 is 6.09. The molecular formula is C13H20N2OS. The van der Waals surface area contributed by atoms with Crippen molar-refractivity contribution in [1.82, 2.24) is 9.97 Å². The van der Waals surface area contributed by atoms with Crippen molar-refractivity contribution in [3.8, 4) is 0 Å². The van der Waals surface area contributed by atoms with E-state index in [1.54, 1.807) is 0 Å². The van der Waals surface area contributed by atoms with Crippen molar-refractivity contribution in [2.75, 3.05) is 13.2 Å². The summed E-state index contributed by atoms with van der Waals surface area (Å²) in [5, 5.41) is 0. The zero-order valence-electron chi connectivity index (χ0n) is 10.5. The number of nitrogens with one attached hydrogen (secondary N) is 1. The lowest BCUT2D eigenvalue weighted by Crippen LogP contribution is -2.09. The average Bonchev–Trinajstić information content (AvgIpc) is 2.67. The van der Waals surface area contributed by atoms with Crippen molar-refractivity contribution in [2.45, 2.75) is 33.1 Å². The summed E-state index contributed by atoms with van der Waals surface area (Å²) in [7, 11) is 0. The number of aromatic amines is 1. The highest BCUT2D eigenvalue weighted by molar-refractivity contribution is 7.71. The molecule has 1 atom stereocenters. The van der Waals surface area contributed by atoms with Crippen LogP contribution in [-0.4, -0.2) is 23.2 Å². The Morgan fingerprint density at radius 3 is 3.06 bits per heavy atom. The molecule has 0 saturated carbocycles. The molecule has 2 heterocycles. The monoisotopic (exact) mass is 252 g/mol. The van der Waals surface area contributed by atoms with Gasteiger partial charge in [-0.2, -0.15) is 0 Å². The van der Waals surface area contributed by atoms with Crippen LogP contribution in [0.3, 0.4) is 0 Å². The van der Waals surface area contributed by atoms with Crippen LogP contribution in [0, 0.1) is 16.5 Å². The fourth-order valence-electron chi connectivity index (χ4n) is 2.23. The molecule has 0 amide bonds. The van der Waals surface area contributed by atoms with E-state index >= 15 is 0 Å². The van der Waals surface area contributed by atoms with Crippen LogP contribution in [-0.2, 0) is 17.6 Å². The van der Waals surface area contributed by atoms with Crippen LogP contribution in [0.4, 0.5) is 0 Å². The number of hydrogen-bond donors (Lipinski definition) is 1. The fraction of sp³-hybridized carbons (Fsp3) is 0.692. The minimum atomic E-state index is 0.599. The van der Waals surface area contributed by atoms with Crippen LogP contribution in [0.2, 0.25) is 0 Å². The van der Waals surface area contributed by atoms with Crippen LogP contribution in [0.1, 0.15) is 31.8 Å². The van der Waals surface area contributed by atoms with E-state index in [-0.39, 0.29) is 0 Å². The second-order valence-corrected chi connectivity index (χ2v) is 5.64. The van der Waals surface area contributed by atoms with Gasteiger partial charge in [-0.05, 0) is 30.7 Å². The van der Waals surface area contributed by atoms with Crippen LogP contribution in [0.5, 0.6) is 0 Å². The lowest BCUT2D eigenvalue weighted by Gasteiger charge is -2.10. The Kier molecular flexibility index (Phi) is 4.29. The molecule has 1 saturated heterocycles. The van der Waals surface area contributed by atoms with Crippen molar-refractivity contribution in [3.63, 3.8) is 0 Å². The molecule has 0 radical (unpaired) electrons. The summed E-state index contributed by atoms with van der Waals surface area (Å²) in [6.07, 6.45) is 3.12. The molecule has 94 valence electrons. The second kappa shape index (κ2) is 5.74. The molecule has 1 unspecified atom stereocenters. The molecule has 4 heteroatoms. The van der Waals surface area contributed by atoms with Crippen molar-refractivity contribution >= 4 is 12.2 Å². The Morgan fingerprint density at radius 2 is 2.41 bits per heavy atom. The van der Waals surface area contributed by atoms with Crippen LogP contribution >= 0.6 is 12.2 Å². The molecule has 0 aliphatic carbocycles. The van der Waals surface area contributed by atoms with Crippen molar-refractivity contribution in [1.29, 1.82) is 0 Å². The quantitative estimate of drug-likeness (QED) is 0.837. The molecule has 17 heavy (non-hydrogen) atoms. The van der Waals surface area contributed by atoms with Gasteiger partial charge in [-0.15, -0.1) is 0 Å². The SMILES string of the molecule is CC(C)Cc1cc(=S)nc(CC2CCOC2)[nH]1. The molecule has 1 aliphatic rings. The minimum Gasteiger partial charge on any atom is -0.381 e. The Morgan fingerprint density at radius 1 is 1.59 bits per heavy atom. The standard InChI is InChI=1S/C13H20N2OS/c1-9(2)5-11-7-13(17)15-12(14-11)6-10-3-4-16-8-10/h7,9-10H,3-6,8H2,1-2H3,(H,14,15,17). The maximum absolute atomic E-state index is 5.39. The van der Waals surface area contributed by atoms with Crippen LogP contribution in [0.25, 0.3) is 0 Å². The summed E-state index contributed by atoms with van der Waals surface area (Å²) in [5.74, 6) is 2.25. The molecule has 0 aromatic carbocycles. The van der Waals surface area contributed by atoms with Crippen molar-refractivity contribution < 1.29 is 4.74 Å². The molecule has 1 aromatic rings. The third-order valence-electron chi connectivity index (χ3n) is 2.98. The Bertz CT molecular complexity index is 422. The van der Waals surface area contributed by atoms with Gasteiger partial charge >= 0.3 is 0 Å². The largest absolute Gasteiger partial charge is 0.381 e. The first-order chi connectivity index (χ1) is 8.13. The fourth-order valence-corrected chi connectivity index (χ4v) is 2.48. The average molecular weight is 252 g/mol. The van der Waals surface area contributed by atoms with E-state index in [2.05, 4.69) is 23.8 Å². The summed E-state index contributed by atoms with van der Waals surface area (Å²) in [4.78, 5) is 7.82.